The van der Waals surface area contributed by atoms with Gasteiger partial charge in [-0.3, -0.25) is 9.59 Å². The fourth-order valence-corrected chi connectivity index (χ4v) is 2.88. The highest BCUT2D eigenvalue weighted by Crippen LogP contribution is 2.59. The highest BCUT2D eigenvalue weighted by Gasteiger charge is 2.66. The van der Waals surface area contributed by atoms with E-state index in [4.69, 9.17) is 10.8 Å². The van der Waals surface area contributed by atoms with E-state index in [1.165, 1.54) is 0 Å². The predicted octanol–water partition coefficient (Wildman–Crippen LogP) is 0.293. The minimum atomic E-state index is -0.859. The van der Waals surface area contributed by atoms with Crippen LogP contribution in [0.4, 0.5) is 0 Å². The zero-order valence-electron chi connectivity index (χ0n) is 10.3. The fraction of sp³-hybridized carbons (Fsp3) is 0.833. The molecule has 5 heteroatoms. The summed E-state index contributed by atoms with van der Waals surface area (Å²) in [5, 5.41) is 9.06. The Hall–Kier alpha value is -1.10. The number of hydrogen-bond donors (Lipinski definition) is 2. The van der Waals surface area contributed by atoms with E-state index >= 15 is 0 Å². The number of hydrogen-bond acceptors (Lipinski definition) is 3. The number of amides is 1. The van der Waals surface area contributed by atoms with Crippen LogP contribution in [0.2, 0.25) is 0 Å². The van der Waals surface area contributed by atoms with Crippen LogP contribution in [-0.2, 0) is 9.59 Å². The van der Waals surface area contributed by atoms with Crippen molar-refractivity contribution in [1.82, 2.24) is 4.90 Å². The van der Waals surface area contributed by atoms with Gasteiger partial charge in [0.2, 0.25) is 5.91 Å². The Morgan fingerprint density at radius 1 is 1.24 bits per heavy atom. The van der Waals surface area contributed by atoms with Crippen molar-refractivity contribution < 1.29 is 14.7 Å². The lowest BCUT2D eigenvalue weighted by molar-refractivity contribution is -0.142. The Kier molecular flexibility index (Phi) is 2.89. The van der Waals surface area contributed by atoms with E-state index in [0.29, 0.717) is 13.1 Å². The monoisotopic (exact) mass is 240 g/mol. The van der Waals surface area contributed by atoms with Crippen LogP contribution in [-0.4, -0.2) is 41.0 Å². The zero-order chi connectivity index (χ0) is 12.8. The number of carbonyl (C=O) groups excluding carboxylic acids is 1. The maximum absolute atomic E-state index is 12.2. The molecule has 17 heavy (non-hydrogen) atoms. The topological polar surface area (TPSA) is 83.6 Å². The normalized spacial score (nSPS) is 32.3. The van der Waals surface area contributed by atoms with Crippen LogP contribution in [0.1, 0.15) is 26.7 Å². The van der Waals surface area contributed by atoms with Gasteiger partial charge in [0.05, 0.1) is 11.8 Å². The van der Waals surface area contributed by atoms with Crippen LogP contribution in [0.15, 0.2) is 0 Å². The van der Waals surface area contributed by atoms with E-state index in [9.17, 15) is 9.59 Å². The van der Waals surface area contributed by atoms with Crippen molar-refractivity contribution in [1.29, 1.82) is 0 Å². The minimum absolute atomic E-state index is 0.00528. The third-order valence-corrected chi connectivity index (χ3v) is 4.21. The van der Waals surface area contributed by atoms with Crippen LogP contribution >= 0.6 is 0 Å². The van der Waals surface area contributed by atoms with E-state index < -0.39 is 17.3 Å². The Morgan fingerprint density at radius 2 is 1.76 bits per heavy atom. The smallest absolute Gasteiger partial charge is 0.307 e. The van der Waals surface area contributed by atoms with Gasteiger partial charge in [-0.25, -0.2) is 0 Å². The van der Waals surface area contributed by atoms with Gasteiger partial charge in [-0.15, -0.1) is 0 Å². The molecule has 1 amide bonds. The second kappa shape index (κ2) is 3.98. The maximum atomic E-state index is 12.2. The van der Waals surface area contributed by atoms with Crippen LogP contribution in [0.3, 0.4) is 0 Å². The summed E-state index contributed by atoms with van der Waals surface area (Å²) in [5.41, 5.74) is 5.39. The van der Waals surface area contributed by atoms with Crippen LogP contribution in [0, 0.1) is 17.3 Å². The highest BCUT2D eigenvalue weighted by molar-refractivity contribution is 5.91. The molecule has 0 aromatic carbocycles. The van der Waals surface area contributed by atoms with Gasteiger partial charge in [-0.05, 0) is 18.3 Å². The SMILES string of the molecule is CC1(C)C(C(=O)O)C1C(=O)N1CCC(N)CC1. The number of likely N-dealkylation sites (tertiary alicyclic amines) is 1. The van der Waals surface area contributed by atoms with Gasteiger partial charge in [0.15, 0.2) is 0 Å². The second-order valence-electron chi connectivity index (χ2n) is 5.78. The van der Waals surface area contributed by atoms with Crippen LogP contribution in [0.5, 0.6) is 0 Å². The number of nitrogens with zero attached hydrogens (tertiary/aromatic N) is 1. The summed E-state index contributed by atoms with van der Waals surface area (Å²) in [7, 11) is 0. The number of rotatable bonds is 2. The van der Waals surface area contributed by atoms with E-state index in [-0.39, 0.29) is 17.9 Å². The molecule has 2 aliphatic rings. The first-order valence-electron chi connectivity index (χ1n) is 6.13. The van der Waals surface area contributed by atoms with Crippen molar-refractivity contribution in [3.05, 3.63) is 0 Å². The molecule has 2 rings (SSSR count). The molecule has 0 radical (unpaired) electrons. The zero-order valence-corrected chi connectivity index (χ0v) is 10.3. The van der Waals surface area contributed by atoms with Crippen LogP contribution < -0.4 is 5.73 Å². The average Bonchev–Trinajstić information content (AvgIpc) is 2.82. The Balaban J connectivity index is 2.00. The molecule has 0 aromatic rings. The van der Waals surface area contributed by atoms with Gasteiger partial charge in [0.25, 0.3) is 0 Å². The van der Waals surface area contributed by atoms with Crippen molar-refractivity contribution in [3.8, 4) is 0 Å². The third kappa shape index (κ3) is 2.04. The molecule has 1 saturated carbocycles. The summed E-state index contributed by atoms with van der Waals surface area (Å²) >= 11 is 0. The highest BCUT2D eigenvalue weighted by atomic mass is 16.4. The molecule has 1 aliphatic heterocycles. The molecule has 0 bridgehead atoms. The first kappa shape index (κ1) is 12.4. The van der Waals surface area contributed by atoms with Crippen molar-refractivity contribution in [2.45, 2.75) is 32.7 Å². The molecule has 2 fully saturated rings. The summed E-state index contributed by atoms with van der Waals surface area (Å²) < 4.78 is 0. The Labute approximate surface area is 101 Å². The molecule has 0 aromatic heterocycles. The molecule has 5 nitrogen and oxygen atoms in total. The van der Waals surface area contributed by atoms with Crippen molar-refractivity contribution >= 4 is 11.9 Å². The molecule has 1 aliphatic carbocycles. The standard InChI is InChI=1S/C12H20N2O3/c1-12(2)8(9(12)11(16)17)10(15)14-5-3-7(13)4-6-14/h7-9H,3-6,13H2,1-2H3,(H,16,17). The number of aliphatic carboxylic acids is 1. The number of carboxylic acids is 1. The molecular formula is C12H20N2O3. The first-order chi connectivity index (χ1) is 7.85. The van der Waals surface area contributed by atoms with Gasteiger partial charge in [-0.1, -0.05) is 13.8 Å². The molecule has 2 atom stereocenters. The molecule has 1 saturated heterocycles. The molecule has 96 valence electrons. The lowest BCUT2D eigenvalue weighted by Crippen LogP contribution is -2.44. The van der Waals surface area contributed by atoms with E-state index in [1.54, 1.807) is 4.90 Å². The molecule has 2 unspecified atom stereocenters. The van der Waals surface area contributed by atoms with E-state index in [2.05, 4.69) is 0 Å². The van der Waals surface area contributed by atoms with Crippen LogP contribution in [0.25, 0.3) is 0 Å². The molecular weight excluding hydrogens is 220 g/mol. The molecule has 0 spiro atoms. The predicted molar refractivity (Wildman–Crippen MR) is 62.2 cm³/mol. The molecule has 3 N–H and O–H groups in total. The second-order valence-corrected chi connectivity index (χ2v) is 5.78. The van der Waals surface area contributed by atoms with E-state index in [1.807, 2.05) is 13.8 Å². The molecule has 1 heterocycles. The van der Waals surface area contributed by atoms with E-state index in [0.717, 1.165) is 12.8 Å². The van der Waals surface area contributed by atoms with Crippen molar-refractivity contribution in [2.75, 3.05) is 13.1 Å². The number of nitrogens with two attached hydrogens (primary N) is 1. The van der Waals surface area contributed by atoms with Crippen molar-refractivity contribution in [3.63, 3.8) is 0 Å². The third-order valence-electron chi connectivity index (χ3n) is 4.21. The van der Waals surface area contributed by atoms with Crippen molar-refractivity contribution in [2.24, 2.45) is 23.0 Å². The summed E-state index contributed by atoms with van der Waals surface area (Å²) in [6, 6.07) is 0.182. The van der Waals surface area contributed by atoms with Gasteiger partial charge >= 0.3 is 5.97 Å². The van der Waals surface area contributed by atoms with Gasteiger partial charge in [-0.2, -0.15) is 0 Å². The minimum Gasteiger partial charge on any atom is -0.481 e. The number of carbonyl (C=O) groups is 2. The summed E-state index contributed by atoms with van der Waals surface area (Å²) in [4.78, 5) is 25.0. The quantitative estimate of drug-likeness (QED) is 0.726. The van der Waals surface area contributed by atoms with Gasteiger partial charge in [0.1, 0.15) is 0 Å². The summed E-state index contributed by atoms with van der Waals surface area (Å²) in [6.07, 6.45) is 1.63. The Morgan fingerprint density at radius 3 is 2.18 bits per heavy atom. The van der Waals surface area contributed by atoms with Gasteiger partial charge < -0.3 is 15.7 Å². The number of carboxylic acid groups (broad SMARTS) is 1. The first-order valence-corrected chi connectivity index (χ1v) is 6.13. The van der Waals surface area contributed by atoms with Gasteiger partial charge in [0, 0.05) is 19.1 Å². The largest absolute Gasteiger partial charge is 0.481 e. The lowest BCUT2D eigenvalue weighted by Gasteiger charge is -2.30. The number of piperidine rings is 1. The summed E-state index contributed by atoms with van der Waals surface area (Å²) in [6.45, 7) is 5.03. The Bertz CT molecular complexity index is 346. The lowest BCUT2D eigenvalue weighted by atomic mass is 10.0. The maximum Gasteiger partial charge on any atom is 0.307 e. The fourth-order valence-electron chi connectivity index (χ4n) is 2.88. The average molecular weight is 240 g/mol. The summed E-state index contributed by atoms with van der Waals surface area (Å²) in [5.74, 6) is -1.74.